The lowest BCUT2D eigenvalue weighted by molar-refractivity contribution is 0.589. The van der Waals surface area contributed by atoms with E-state index in [4.69, 9.17) is 16.9 Å². The number of aryl methyl sites for hydroxylation is 1. The molecule has 0 aliphatic carbocycles. The SMILES string of the molecule is Cc1cc(S(=O)(=O)NC#N)c(S)cc1Cl. The molecular formula is C8H7ClN2O2S2. The van der Waals surface area contributed by atoms with E-state index in [1.165, 1.54) is 18.3 Å². The zero-order valence-electron chi connectivity index (χ0n) is 7.65. The Hall–Kier alpha value is -0.900. The van der Waals surface area contributed by atoms with Crippen molar-refractivity contribution >= 4 is 34.3 Å². The maximum Gasteiger partial charge on any atom is 0.271 e. The zero-order valence-corrected chi connectivity index (χ0v) is 10.1. The van der Waals surface area contributed by atoms with Gasteiger partial charge in [0.2, 0.25) is 0 Å². The van der Waals surface area contributed by atoms with Crippen LogP contribution in [0.2, 0.25) is 5.02 Å². The third-order valence-electron chi connectivity index (χ3n) is 1.71. The van der Waals surface area contributed by atoms with E-state index in [1.54, 1.807) is 11.6 Å². The van der Waals surface area contributed by atoms with Gasteiger partial charge in [0.25, 0.3) is 10.0 Å². The lowest BCUT2D eigenvalue weighted by Crippen LogP contribution is -2.18. The van der Waals surface area contributed by atoms with E-state index in [0.29, 0.717) is 10.6 Å². The first-order valence-electron chi connectivity index (χ1n) is 3.78. The molecule has 1 rings (SSSR count). The van der Waals surface area contributed by atoms with Gasteiger partial charge < -0.3 is 0 Å². The molecule has 1 aromatic rings. The third kappa shape index (κ3) is 2.56. The van der Waals surface area contributed by atoms with Crippen LogP contribution in [-0.4, -0.2) is 8.42 Å². The number of thiol groups is 1. The molecule has 0 unspecified atom stereocenters. The van der Waals surface area contributed by atoms with Crippen LogP contribution < -0.4 is 4.72 Å². The second-order valence-corrected chi connectivity index (χ2v) is 5.33. The van der Waals surface area contributed by atoms with Crippen molar-refractivity contribution in [1.29, 1.82) is 5.26 Å². The summed E-state index contributed by atoms with van der Waals surface area (Å²) in [6.07, 6.45) is 1.36. The second kappa shape index (κ2) is 4.31. The quantitative estimate of drug-likeness (QED) is 0.484. The minimum atomic E-state index is -3.83. The molecule has 0 heterocycles. The van der Waals surface area contributed by atoms with Gasteiger partial charge in [0.15, 0.2) is 6.19 Å². The molecule has 0 aliphatic rings. The minimum absolute atomic E-state index is 0.0608. The fraction of sp³-hybridized carbons (Fsp3) is 0.125. The fourth-order valence-electron chi connectivity index (χ4n) is 0.975. The van der Waals surface area contributed by atoms with Gasteiger partial charge in [-0.3, -0.25) is 0 Å². The largest absolute Gasteiger partial charge is 0.271 e. The predicted octanol–water partition coefficient (Wildman–Crippen LogP) is 1.70. The zero-order chi connectivity index (χ0) is 11.6. The highest BCUT2D eigenvalue weighted by Crippen LogP contribution is 2.26. The number of hydrogen-bond acceptors (Lipinski definition) is 4. The van der Waals surface area contributed by atoms with Crippen molar-refractivity contribution in [1.82, 2.24) is 4.72 Å². The summed E-state index contributed by atoms with van der Waals surface area (Å²) in [7, 11) is -3.83. The van der Waals surface area contributed by atoms with Crippen molar-refractivity contribution in [2.45, 2.75) is 16.7 Å². The molecule has 0 amide bonds. The monoisotopic (exact) mass is 262 g/mol. The summed E-state index contributed by atoms with van der Waals surface area (Å²) in [5.41, 5.74) is 0.604. The molecule has 4 nitrogen and oxygen atoms in total. The van der Waals surface area contributed by atoms with Gasteiger partial charge in [-0.1, -0.05) is 11.6 Å². The van der Waals surface area contributed by atoms with Gasteiger partial charge in [0, 0.05) is 9.92 Å². The van der Waals surface area contributed by atoms with Gasteiger partial charge in [-0.2, -0.15) is 5.26 Å². The van der Waals surface area contributed by atoms with Crippen LogP contribution in [0, 0.1) is 18.4 Å². The van der Waals surface area contributed by atoms with Crippen molar-refractivity contribution in [2.24, 2.45) is 0 Å². The van der Waals surface area contributed by atoms with E-state index in [1.807, 2.05) is 0 Å². The summed E-state index contributed by atoms with van der Waals surface area (Å²) in [5, 5.41) is 8.71. The van der Waals surface area contributed by atoms with Crippen molar-refractivity contribution in [3.8, 4) is 6.19 Å². The van der Waals surface area contributed by atoms with Gasteiger partial charge in [0.1, 0.15) is 4.90 Å². The molecule has 0 aliphatic heterocycles. The predicted molar refractivity (Wildman–Crippen MR) is 59.4 cm³/mol. The highest BCUT2D eigenvalue weighted by molar-refractivity contribution is 7.90. The minimum Gasteiger partial charge on any atom is -0.215 e. The van der Waals surface area contributed by atoms with E-state index in [-0.39, 0.29) is 9.79 Å². The molecule has 0 fully saturated rings. The van der Waals surface area contributed by atoms with Gasteiger partial charge in [-0.25, -0.2) is 13.1 Å². The number of nitrogens with one attached hydrogen (secondary N) is 1. The summed E-state index contributed by atoms with van der Waals surface area (Å²) in [6.45, 7) is 1.67. The van der Waals surface area contributed by atoms with Crippen LogP contribution in [0.25, 0.3) is 0 Å². The molecule has 0 atom stereocenters. The van der Waals surface area contributed by atoms with Crippen molar-refractivity contribution < 1.29 is 8.42 Å². The molecule has 0 bridgehead atoms. The Morgan fingerprint density at radius 1 is 1.53 bits per heavy atom. The fourth-order valence-corrected chi connectivity index (χ4v) is 2.67. The smallest absolute Gasteiger partial charge is 0.215 e. The standard InChI is InChI=1S/C8H7ClN2O2S2/c1-5-2-8(7(14)3-6(5)9)15(12,13)11-4-10/h2-3,11,14H,1H3. The van der Waals surface area contributed by atoms with Crippen LogP contribution in [0.4, 0.5) is 0 Å². The molecule has 1 N–H and O–H groups in total. The van der Waals surface area contributed by atoms with Crippen LogP contribution in [0.15, 0.2) is 21.9 Å². The first kappa shape index (κ1) is 12.2. The van der Waals surface area contributed by atoms with Crippen LogP contribution in [0.3, 0.4) is 0 Å². The average molecular weight is 263 g/mol. The summed E-state index contributed by atoms with van der Waals surface area (Å²) >= 11 is 9.77. The Balaban J connectivity index is 3.41. The Labute approximate surface area is 98.3 Å². The molecular weight excluding hydrogens is 256 g/mol. The summed E-state index contributed by atoms with van der Waals surface area (Å²) < 4.78 is 24.7. The summed E-state index contributed by atoms with van der Waals surface area (Å²) in [5.74, 6) is 0. The second-order valence-electron chi connectivity index (χ2n) is 2.79. The Morgan fingerprint density at radius 2 is 2.13 bits per heavy atom. The lowest BCUT2D eigenvalue weighted by Gasteiger charge is -2.07. The number of benzene rings is 1. The third-order valence-corrected chi connectivity index (χ3v) is 3.92. The van der Waals surface area contributed by atoms with Gasteiger partial charge in [-0.15, -0.1) is 12.6 Å². The van der Waals surface area contributed by atoms with E-state index < -0.39 is 10.0 Å². The summed E-state index contributed by atoms with van der Waals surface area (Å²) in [4.78, 5) is 0.141. The highest BCUT2D eigenvalue weighted by Gasteiger charge is 2.17. The average Bonchev–Trinajstić information content (AvgIpc) is 2.11. The molecule has 15 heavy (non-hydrogen) atoms. The normalized spacial score (nSPS) is 10.8. The van der Waals surface area contributed by atoms with Crippen molar-refractivity contribution in [3.63, 3.8) is 0 Å². The lowest BCUT2D eigenvalue weighted by atomic mass is 10.2. The Bertz CT molecular complexity index is 534. The van der Waals surface area contributed by atoms with Crippen molar-refractivity contribution in [3.05, 3.63) is 22.7 Å². The number of halogens is 1. The molecule has 0 saturated carbocycles. The first-order chi connectivity index (χ1) is 6.88. The maximum absolute atomic E-state index is 11.5. The van der Waals surface area contributed by atoms with E-state index in [0.717, 1.165) is 0 Å². The topological polar surface area (TPSA) is 70.0 Å². The molecule has 0 radical (unpaired) electrons. The van der Waals surface area contributed by atoms with Crippen molar-refractivity contribution in [2.75, 3.05) is 0 Å². The van der Waals surface area contributed by atoms with Crippen LogP contribution in [0.1, 0.15) is 5.56 Å². The van der Waals surface area contributed by atoms with Gasteiger partial charge in [-0.05, 0) is 24.6 Å². The maximum atomic E-state index is 11.5. The number of hydrogen-bond donors (Lipinski definition) is 2. The number of nitriles is 1. The number of sulfonamides is 1. The Morgan fingerprint density at radius 3 is 2.67 bits per heavy atom. The molecule has 80 valence electrons. The molecule has 1 aromatic carbocycles. The summed E-state index contributed by atoms with van der Waals surface area (Å²) in [6, 6.07) is 2.79. The molecule has 0 saturated heterocycles. The number of rotatable bonds is 2. The molecule has 7 heteroatoms. The van der Waals surface area contributed by atoms with E-state index in [9.17, 15) is 8.42 Å². The van der Waals surface area contributed by atoms with E-state index in [2.05, 4.69) is 12.6 Å². The Kier molecular flexibility index (Phi) is 3.50. The van der Waals surface area contributed by atoms with E-state index >= 15 is 0 Å². The highest BCUT2D eigenvalue weighted by atomic mass is 35.5. The van der Waals surface area contributed by atoms with Crippen LogP contribution in [-0.2, 0) is 10.0 Å². The number of nitrogens with zero attached hydrogens (tertiary/aromatic N) is 1. The van der Waals surface area contributed by atoms with Crippen LogP contribution in [0.5, 0.6) is 0 Å². The first-order valence-corrected chi connectivity index (χ1v) is 6.09. The van der Waals surface area contributed by atoms with Gasteiger partial charge in [0.05, 0.1) is 0 Å². The molecule has 0 spiro atoms. The molecule has 0 aromatic heterocycles. The van der Waals surface area contributed by atoms with Gasteiger partial charge >= 0.3 is 0 Å². The van der Waals surface area contributed by atoms with Crippen LogP contribution >= 0.6 is 24.2 Å².